The van der Waals surface area contributed by atoms with Gasteiger partial charge in [-0.15, -0.1) is 0 Å². The highest BCUT2D eigenvalue weighted by atomic mass is 16.5. The van der Waals surface area contributed by atoms with Crippen LogP contribution in [0.3, 0.4) is 0 Å². The molecular formula is C96H124N16O2. The number of benzene rings is 7. The first kappa shape index (κ1) is 79.6. The molecule has 0 fully saturated rings. The molecular weight excluding hydrogens is 1410 g/mol. The summed E-state index contributed by atoms with van der Waals surface area (Å²) < 4.78 is 11.4. The molecule has 14 aliphatic rings. The van der Waals surface area contributed by atoms with E-state index in [1.54, 1.807) is 44.5 Å². The number of hydrogen-bond acceptors (Lipinski definition) is 18. The Hall–Kier alpha value is -9.65. The first-order chi connectivity index (χ1) is 56.4. The molecule has 0 bridgehead atoms. The van der Waals surface area contributed by atoms with Gasteiger partial charge in [0, 0.05) is 77.3 Å². The molecule has 114 heavy (non-hydrogen) atoms. The fourth-order valence-corrected chi connectivity index (χ4v) is 17.9. The van der Waals surface area contributed by atoms with Gasteiger partial charge in [-0.2, -0.15) is 0 Å². The van der Waals surface area contributed by atoms with E-state index in [1.165, 1.54) is 226 Å². The number of rotatable bonds is 23. The summed E-state index contributed by atoms with van der Waals surface area (Å²) in [6.45, 7) is 17.9. The van der Waals surface area contributed by atoms with E-state index in [9.17, 15) is 0 Å². The zero-order valence-corrected chi connectivity index (χ0v) is 67.8. The average molecular weight is 1530 g/mol. The number of ether oxygens (including phenoxy) is 2. The van der Waals surface area contributed by atoms with E-state index in [2.05, 4.69) is 210 Å². The Morgan fingerprint density at radius 2 is 0.623 bits per heavy atom. The number of amidine groups is 7. The molecule has 18 nitrogen and oxygen atoms in total. The van der Waals surface area contributed by atoms with Crippen LogP contribution in [-0.4, -0.2) is 159 Å². The van der Waals surface area contributed by atoms with Crippen LogP contribution in [0.25, 0.3) is 0 Å². The van der Waals surface area contributed by atoms with Crippen molar-refractivity contribution >= 4 is 46.5 Å². The molecule has 600 valence electrons. The molecule has 7 aliphatic carbocycles. The Morgan fingerprint density at radius 3 is 1.12 bits per heavy atom. The van der Waals surface area contributed by atoms with Crippen molar-refractivity contribution in [1.82, 2.24) is 42.5 Å². The molecule has 7 aliphatic heterocycles. The van der Waals surface area contributed by atoms with Crippen molar-refractivity contribution in [3.8, 4) is 5.75 Å². The second-order valence-electron chi connectivity index (χ2n) is 32.5. The predicted octanol–water partition coefficient (Wildman–Crippen LogP) is 12.4. The van der Waals surface area contributed by atoms with Crippen molar-refractivity contribution in [1.29, 1.82) is 0 Å². The zero-order valence-electron chi connectivity index (χ0n) is 67.8. The van der Waals surface area contributed by atoms with Gasteiger partial charge in [-0.25, -0.2) is 0 Å². The summed E-state index contributed by atoms with van der Waals surface area (Å²) in [6, 6.07) is 47.8. The van der Waals surface area contributed by atoms with Crippen LogP contribution in [0.4, 0.5) is 5.69 Å². The molecule has 18 heteroatoms. The molecule has 0 spiro atoms. The summed E-state index contributed by atoms with van der Waals surface area (Å²) in [5, 5.41) is 29.8. The Labute approximate surface area is 678 Å². The van der Waals surface area contributed by atoms with Crippen molar-refractivity contribution in [2.24, 2.45) is 34.9 Å². The number of aryl methyl sites for hydroxylation is 16. The van der Waals surface area contributed by atoms with Gasteiger partial charge in [-0.3, -0.25) is 34.9 Å². The van der Waals surface area contributed by atoms with Crippen LogP contribution in [0, 0.1) is 0 Å². The number of fused-ring (bicyclic) bond motifs is 7. The smallest absolute Gasteiger partial charge is 0.145 e. The van der Waals surface area contributed by atoms with Gasteiger partial charge in [0.05, 0.1) is 77.2 Å². The summed E-state index contributed by atoms with van der Waals surface area (Å²) in [5.74, 6) is 8.69. The van der Waals surface area contributed by atoms with Crippen molar-refractivity contribution < 1.29 is 9.47 Å². The minimum atomic E-state index is 0.568. The molecule has 0 radical (unpaired) electrons. The lowest BCUT2D eigenvalue weighted by molar-refractivity contribution is 0.156. The van der Waals surface area contributed by atoms with Crippen molar-refractivity contribution in [3.05, 3.63) is 233 Å². The molecule has 7 aromatic carbocycles. The molecule has 7 aromatic rings. The van der Waals surface area contributed by atoms with Crippen LogP contribution < -0.4 is 52.6 Å². The Kier molecular flexibility index (Phi) is 29.4. The Morgan fingerprint density at radius 1 is 0.263 bits per heavy atom. The third-order valence-electron chi connectivity index (χ3n) is 24.1. The van der Waals surface area contributed by atoms with Gasteiger partial charge in [-0.1, -0.05) is 103 Å². The summed E-state index contributed by atoms with van der Waals surface area (Å²) in [6.07, 6.45) is 33.5. The predicted molar refractivity (Wildman–Crippen MR) is 472 cm³/mol. The van der Waals surface area contributed by atoms with E-state index >= 15 is 0 Å². The van der Waals surface area contributed by atoms with E-state index in [0.717, 1.165) is 172 Å². The Balaban J connectivity index is 0.000000105. The lowest BCUT2D eigenvalue weighted by Gasteiger charge is -2.08. The molecule has 21 rings (SSSR count). The Bertz CT molecular complexity index is 4210. The standard InChI is InChI=1S/C15H20N2.C14H19N3.C14H18N2O.C14H18N2.C13H17N3.C13H16N2O.C13H16N2/c1(6-15-16-9-10-17-15)3-12-7-8-13-4-2-5-14(13)11-12;1-2-12-5-4-11(8-13(12)3-1)9-15-10-14-16-6-7-17-14;1-2-12-5-4-11(8-13(12)3-1)9-17-10-14-15-6-7-16-14;1-2-12-6-4-11(10-13(12)3-1)5-7-14-15-8-9-16-14;2*1-2-10-4-5-12(8-11(10)3-1)16-9-13-14-6-7-15-13;1-2-11-5-4-10(8-12(11)3-1)9-13-14-6-7-15-13/h7-8,11H,1-6,9-10H2,(H,16,17);4-5,8,15H,1-3,6-7,9-10H2,(H,16,17);4-5,8H,1-3,6-7,9-10H2,(H,15,16);4,6,10H,1-3,5,7-9H2,(H,15,16);4-5,8,16H,1-3,6-7,9H2,(H,14,15);4-5,8H,1-3,6-7,9H2,(H,14,15);4-5,8H,1-3,6-7,9H2,(H,14,15). The normalized spacial score (nSPS) is 17.9. The lowest BCUT2D eigenvalue weighted by Crippen LogP contribution is -2.30. The quantitative estimate of drug-likeness (QED) is 0.0294. The summed E-state index contributed by atoms with van der Waals surface area (Å²) >= 11 is 0. The van der Waals surface area contributed by atoms with E-state index in [1.807, 2.05) is 0 Å². The highest BCUT2D eigenvalue weighted by Crippen LogP contribution is 2.30. The molecule has 7 heterocycles. The first-order valence-electron chi connectivity index (χ1n) is 43.7. The van der Waals surface area contributed by atoms with Crippen molar-refractivity contribution in [2.45, 2.75) is 187 Å². The minimum absolute atomic E-state index is 0.568. The number of aliphatic imine (C=N–C) groups is 7. The van der Waals surface area contributed by atoms with Crippen molar-refractivity contribution in [3.63, 3.8) is 0 Å². The van der Waals surface area contributed by atoms with Gasteiger partial charge in [0.1, 0.15) is 48.1 Å². The summed E-state index contributed by atoms with van der Waals surface area (Å²) in [5.41, 5.74) is 29.9. The number of hydrogen-bond donors (Lipinski definition) is 9. The SMILES string of the molecule is c1cc2c(cc1CC1=NCCN1)CCC2.c1cc2c(cc1CCC1=NCCN1)CCC2.c1cc2c(cc1CCCC1=NCCN1)CCC2.c1cc2c(cc1CNCC1=NCCN1)CCC2.c1cc2c(cc1COCC1=NCCN1)CCC2.c1cc2c(cc1NCC1=NCCN1)CCC2.c1cc2c(cc1OCC1=NCCN1)CCC2. The number of anilines is 1. The second kappa shape index (κ2) is 42.1. The van der Waals surface area contributed by atoms with Gasteiger partial charge in [0.15, 0.2) is 0 Å². The van der Waals surface area contributed by atoms with Crippen LogP contribution in [-0.2, 0) is 127 Å². The molecule has 0 aromatic heterocycles. The molecule has 0 amide bonds. The molecule has 0 saturated carbocycles. The maximum atomic E-state index is 5.72. The van der Waals surface area contributed by atoms with Gasteiger partial charge < -0.3 is 57.3 Å². The van der Waals surface area contributed by atoms with E-state index in [-0.39, 0.29) is 0 Å². The van der Waals surface area contributed by atoms with Gasteiger partial charge in [-0.05, 0) is 284 Å². The van der Waals surface area contributed by atoms with E-state index < -0.39 is 0 Å². The molecule has 0 atom stereocenters. The topological polar surface area (TPSA) is 213 Å². The highest BCUT2D eigenvalue weighted by Gasteiger charge is 2.20. The van der Waals surface area contributed by atoms with E-state index in [0.29, 0.717) is 19.8 Å². The fourth-order valence-electron chi connectivity index (χ4n) is 17.9. The monoisotopic (exact) mass is 1530 g/mol. The van der Waals surface area contributed by atoms with Crippen LogP contribution in [0.2, 0.25) is 0 Å². The maximum Gasteiger partial charge on any atom is 0.145 e. The molecule has 9 N–H and O–H groups in total. The van der Waals surface area contributed by atoms with Gasteiger partial charge in [0.25, 0.3) is 0 Å². The number of nitrogens with zero attached hydrogens (tertiary/aromatic N) is 7. The van der Waals surface area contributed by atoms with Gasteiger partial charge >= 0.3 is 0 Å². The van der Waals surface area contributed by atoms with Crippen LogP contribution in [0.1, 0.15) is 170 Å². The number of nitrogens with one attached hydrogen (secondary N) is 9. The minimum Gasteiger partial charge on any atom is -0.486 e. The lowest BCUT2D eigenvalue weighted by atomic mass is 10.0. The van der Waals surface area contributed by atoms with Crippen LogP contribution in [0.5, 0.6) is 5.75 Å². The maximum absolute atomic E-state index is 5.72. The molecule has 0 saturated heterocycles. The van der Waals surface area contributed by atoms with Crippen LogP contribution >= 0.6 is 0 Å². The highest BCUT2D eigenvalue weighted by molar-refractivity contribution is 5.88. The van der Waals surface area contributed by atoms with Crippen LogP contribution in [0.15, 0.2) is 162 Å². The average Bonchev–Trinajstić information content (AvgIpc) is 1.71. The molecule has 0 unspecified atom stereocenters. The summed E-state index contributed by atoms with van der Waals surface area (Å²) in [7, 11) is 0. The third kappa shape index (κ3) is 24.0. The van der Waals surface area contributed by atoms with Crippen molar-refractivity contribution in [2.75, 3.05) is 123 Å². The second-order valence-corrected chi connectivity index (χ2v) is 32.5. The first-order valence-corrected chi connectivity index (χ1v) is 43.7. The third-order valence-corrected chi connectivity index (χ3v) is 24.1. The zero-order chi connectivity index (χ0) is 77.0. The van der Waals surface area contributed by atoms with E-state index in [4.69, 9.17) is 9.47 Å². The summed E-state index contributed by atoms with van der Waals surface area (Å²) in [4.78, 5) is 30.6. The fraction of sp³-hybridized carbons (Fsp3) is 0.490. The van der Waals surface area contributed by atoms with Gasteiger partial charge in [0.2, 0.25) is 0 Å². The largest absolute Gasteiger partial charge is 0.486 e.